The molecule has 2 aliphatic rings. The summed E-state index contributed by atoms with van der Waals surface area (Å²) in [5.41, 5.74) is 1.09. The molecular formula is C15H26N4. The van der Waals surface area contributed by atoms with E-state index in [4.69, 9.17) is 0 Å². The topological polar surface area (TPSA) is 42.7 Å². The van der Waals surface area contributed by atoms with Gasteiger partial charge in [0.15, 0.2) is 0 Å². The monoisotopic (exact) mass is 262 g/mol. The van der Waals surface area contributed by atoms with E-state index < -0.39 is 0 Å². The number of rotatable bonds is 5. The minimum Gasteiger partial charge on any atom is -0.311 e. The Labute approximate surface area is 116 Å². The van der Waals surface area contributed by atoms with Gasteiger partial charge in [-0.15, -0.1) is 5.10 Å². The summed E-state index contributed by atoms with van der Waals surface area (Å²) < 4.78 is 2.11. The molecule has 0 amide bonds. The van der Waals surface area contributed by atoms with Crippen molar-refractivity contribution in [3.8, 4) is 0 Å². The molecule has 106 valence electrons. The zero-order valence-corrected chi connectivity index (χ0v) is 12.2. The van der Waals surface area contributed by atoms with Gasteiger partial charge in [-0.25, -0.2) is 4.68 Å². The summed E-state index contributed by atoms with van der Waals surface area (Å²) in [5, 5.41) is 12.1. The highest BCUT2D eigenvalue weighted by atomic mass is 15.4. The molecule has 0 aromatic carbocycles. The highest BCUT2D eigenvalue weighted by Crippen LogP contribution is 2.35. The van der Waals surface area contributed by atoms with Gasteiger partial charge in [0.25, 0.3) is 0 Å². The van der Waals surface area contributed by atoms with Crippen LogP contribution in [0.5, 0.6) is 0 Å². The van der Waals surface area contributed by atoms with Gasteiger partial charge in [0.1, 0.15) is 0 Å². The van der Waals surface area contributed by atoms with Crippen LogP contribution >= 0.6 is 0 Å². The van der Waals surface area contributed by atoms with Gasteiger partial charge in [0, 0.05) is 6.54 Å². The normalized spacial score (nSPS) is 31.6. The lowest BCUT2D eigenvalue weighted by Crippen LogP contribution is -2.23. The molecule has 4 nitrogen and oxygen atoms in total. The van der Waals surface area contributed by atoms with Crippen LogP contribution in [0.1, 0.15) is 57.7 Å². The van der Waals surface area contributed by atoms with Crippen LogP contribution in [-0.2, 0) is 6.54 Å². The zero-order valence-electron chi connectivity index (χ0n) is 12.2. The third-order valence-electron chi connectivity index (χ3n) is 4.94. The maximum atomic E-state index is 4.34. The lowest BCUT2D eigenvalue weighted by Gasteiger charge is -2.31. The summed E-state index contributed by atoms with van der Waals surface area (Å²) >= 11 is 0. The molecule has 0 aliphatic heterocycles. The van der Waals surface area contributed by atoms with E-state index in [0.29, 0.717) is 6.04 Å². The minimum absolute atomic E-state index is 0.566. The largest absolute Gasteiger partial charge is 0.311 e. The smallest absolute Gasteiger partial charge is 0.0964 e. The van der Waals surface area contributed by atoms with Crippen LogP contribution in [0.4, 0.5) is 0 Å². The third-order valence-corrected chi connectivity index (χ3v) is 4.94. The van der Waals surface area contributed by atoms with Crippen LogP contribution in [0.2, 0.25) is 0 Å². The predicted molar refractivity (Wildman–Crippen MR) is 75.7 cm³/mol. The van der Waals surface area contributed by atoms with E-state index in [1.807, 2.05) is 0 Å². The van der Waals surface area contributed by atoms with Crippen LogP contribution in [0.3, 0.4) is 0 Å². The molecule has 1 N–H and O–H groups in total. The molecule has 2 saturated carbocycles. The number of aromatic nitrogens is 3. The summed E-state index contributed by atoms with van der Waals surface area (Å²) in [6.07, 6.45) is 8.77. The van der Waals surface area contributed by atoms with Crippen molar-refractivity contribution in [3.63, 3.8) is 0 Å². The van der Waals surface area contributed by atoms with Crippen LogP contribution in [-0.4, -0.2) is 21.5 Å². The fourth-order valence-corrected chi connectivity index (χ4v) is 3.06. The third kappa shape index (κ3) is 3.35. The molecule has 4 heteroatoms. The lowest BCUT2D eigenvalue weighted by atomic mass is 9.79. The second-order valence-electron chi connectivity index (χ2n) is 6.69. The van der Waals surface area contributed by atoms with Crippen LogP contribution in [0.15, 0.2) is 6.20 Å². The Hall–Kier alpha value is -0.900. The number of hydrogen-bond acceptors (Lipinski definition) is 3. The summed E-state index contributed by atoms with van der Waals surface area (Å²) in [6, 6.07) is 0.566. The van der Waals surface area contributed by atoms with Crippen molar-refractivity contribution in [3.05, 3.63) is 11.9 Å². The molecule has 3 atom stereocenters. The van der Waals surface area contributed by atoms with Gasteiger partial charge in [-0.05, 0) is 56.4 Å². The van der Waals surface area contributed by atoms with E-state index in [-0.39, 0.29) is 0 Å². The first-order valence-corrected chi connectivity index (χ1v) is 7.84. The first-order valence-electron chi connectivity index (χ1n) is 7.84. The Kier molecular flexibility index (Phi) is 3.87. The van der Waals surface area contributed by atoms with E-state index in [1.165, 1.54) is 32.1 Å². The molecule has 0 radical (unpaired) electrons. The number of nitrogens with one attached hydrogen (secondary N) is 1. The van der Waals surface area contributed by atoms with Crippen LogP contribution in [0.25, 0.3) is 0 Å². The van der Waals surface area contributed by atoms with Gasteiger partial charge in [-0.2, -0.15) is 0 Å². The Morgan fingerprint density at radius 2 is 2.05 bits per heavy atom. The summed E-state index contributed by atoms with van der Waals surface area (Å²) in [5.74, 6) is 2.59. The molecule has 2 aliphatic carbocycles. The average Bonchev–Trinajstić information content (AvgIpc) is 3.10. The van der Waals surface area contributed by atoms with Gasteiger partial charge >= 0.3 is 0 Å². The Morgan fingerprint density at radius 1 is 1.21 bits per heavy atom. The van der Waals surface area contributed by atoms with Crippen molar-refractivity contribution in [1.82, 2.24) is 20.3 Å². The van der Waals surface area contributed by atoms with E-state index >= 15 is 0 Å². The maximum absolute atomic E-state index is 4.34. The standard InChI is InChI=1S/C15H26N4/c1-11-3-6-15(7-12(11)2)19-10-14(17-18-19)9-16-8-13-4-5-13/h10-13,15-16H,3-9H2,1-2H3. The summed E-state index contributed by atoms with van der Waals surface area (Å²) in [4.78, 5) is 0. The van der Waals surface area contributed by atoms with Crippen LogP contribution in [0, 0.1) is 17.8 Å². The van der Waals surface area contributed by atoms with Crippen molar-refractivity contribution in [2.45, 2.75) is 58.5 Å². The van der Waals surface area contributed by atoms with E-state index in [1.54, 1.807) is 0 Å². The van der Waals surface area contributed by atoms with Gasteiger partial charge in [-0.1, -0.05) is 19.1 Å². The molecule has 3 rings (SSSR count). The molecule has 1 heterocycles. The molecule has 3 unspecified atom stereocenters. The molecule has 0 saturated heterocycles. The molecule has 0 bridgehead atoms. The molecular weight excluding hydrogens is 236 g/mol. The van der Waals surface area contributed by atoms with Crippen molar-refractivity contribution in [2.24, 2.45) is 17.8 Å². The highest BCUT2D eigenvalue weighted by molar-refractivity contribution is 4.94. The van der Waals surface area contributed by atoms with Gasteiger partial charge in [0.05, 0.1) is 17.9 Å². The second kappa shape index (κ2) is 5.61. The maximum Gasteiger partial charge on any atom is 0.0964 e. The predicted octanol–water partition coefficient (Wildman–Crippen LogP) is 2.77. The Morgan fingerprint density at radius 3 is 2.79 bits per heavy atom. The van der Waals surface area contributed by atoms with Crippen molar-refractivity contribution in [1.29, 1.82) is 0 Å². The van der Waals surface area contributed by atoms with E-state index in [2.05, 4.69) is 40.4 Å². The Balaban J connectivity index is 1.51. The van der Waals surface area contributed by atoms with E-state index in [0.717, 1.165) is 36.5 Å². The number of nitrogens with zero attached hydrogens (tertiary/aromatic N) is 3. The van der Waals surface area contributed by atoms with Gasteiger partial charge in [-0.3, -0.25) is 0 Å². The SMILES string of the molecule is CC1CCC(n2cc(CNCC3CC3)nn2)CC1C. The molecule has 1 aromatic heterocycles. The second-order valence-corrected chi connectivity index (χ2v) is 6.69. The average molecular weight is 262 g/mol. The van der Waals surface area contributed by atoms with Crippen molar-refractivity contribution < 1.29 is 0 Å². The minimum atomic E-state index is 0.566. The fourth-order valence-electron chi connectivity index (χ4n) is 3.06. The van der Waals surface area contributed by atoms with Crippen molar-refractivity contribution >= 4 is 0 Å². The van der Waals surface area contributed by atoms with E-state index in [9.17, 15) is 0 Å². The summed E-state index contributed by atoms with van der Waals surface area (Å²) in [7, 11) is 0. The Bertz CT molecular complexity index is 410. The quantitative estimate of drug-likeness (QED) is 0.887. The molecule has 19 heavy (non-hydrogen) atoms. The van der Waals surface area contributed by atoms with Crippen LogP contribution < -0.4 is 5.32 Å². The summed E-state index contributed by atoms with van der Waals surface area (Å²) in [6.45, 7) is 6.75. The fraction of sp³-hybridized carbons (Fsp3) is 0.867. The van der Waals surface area contributed by atoms with Gasteiger partial charge < -0.3 is 5.32 Å². The molecule has 1 aromatic rings. The molecule has 2 fully saturated rings. The number of hydrogen-bond donors (Lipinski definition) is 1. The zero-order chi connectivity index (χ0) is 13.2. The molecule has 0 spiro atoms. The van der Waals surface area contributed by atoms with Gasteiger partial charge in [0.2, 0.25) is 0 Å². The highest BCUT2D eigenvalue weighted by Gasteiger charge is 2.26. The first-order chi connectivity index (χ1) is 9.22. The lowest BCUT2D eigenvalue weighted by molar-refractivity contribution is 0.199. The first kappa shape index (κ1) is 13.1. The van der Waals surface area contributed by atoms with Crippen molar-refractivity contribution in [2.75, 3.05) is 6.54 Å².